The van der Waals surface area contributed by atoms with Crippen LogP contribution in [0.2, 0.25) is 0 Å². The van der Waals surface area contributed by atoms with Crippen LogP contribution < -0.4 is 14.8 Å². The fourth-order valence-corrected chi connectivity index (χ4v) is 3.07. The highest BCUT2D eigenvalue weighted by Gasteiger charge is 2.28. The minimum Gasteiger partial charge on any atom is -0.493 e. The zero-order valence-electron chi connectivity index (χ0n) is 18.1. The van der Waals surface area contributed by atoms with Crippen molar-refractivity contribution in [1.29, 1.82) is 0 Å². The second kappa shape index (κ2) is 10.5. The van der Waals surface area contributed by atoms with E-state index < -0.39 is 11.6 Å². The van der Waals surface area contributed by atoms with Crippen molar-refractivity contribution in [2.45, 2.75) is 45.8 Å². The Kier molecular flexibility index (Phi) is 8.29. The van der Waals surface area contributed by atoms with Crippen LogP contribution in [0.1, 0.15) is 33.3 Å². The number of carbonyl (C=O) groups excluding carboxylic acids is 2. The Balaban J connectivity index is 2.19. The number of nitrogens with zero attached hydrogens (tertiary/aromatic N) is 1. The highest BCUT2D eigenvalue weighted by Crippen LogP contribution is 2.26. The molecule has 2 aromatic rings. The Morgan fingerprint density at radius 1 is 1.07 bits per heavy atom. The van der Waals surface area contributed by atoms with E-state index >= 15 is 0 Å². The molecule has 0 aromatic heterocycles. The predicted octanol–water partition coefficient (Wildman–Crippen LogP) is 4.17. The lowest BCUT2D eigenvalue weighted by Crippen LogP contribution is -2.53. The van der Waals surface area contributed by atoms with Gasteiger partial charge in [-0.2, -0.15) is 0 Å². The third-order valence-corrected chi connectivity index (χ3v) is 4.88. The van der Waals surface area contributed by atoms with Crippen LogP contribution in [-0.2, 0) is 16.1 Å². The summed E-state index contributed by atoms with van der Waals surface area (Å²) in [5, 5.41) is 2.94. The van der Waals surface area contributed by atoms with E-state index in [-0.39, 0.29) is 18.4 Å². The molecule has 0 unspecified atom stereocenters. The van der Waals surface area contributed by atoms with E-state index in [1.165, 1.54) is 4.90 Å². The summed E-state index contributed by atoms with van der Waals surface area (Å²) in [4.78, 5) is 27.3. The molecule has 0 saturated heterocycles. The molecule has 2 aromatic carbocycles. The molecular weight excluding hydrogens is 448 g/mol. The molecule has 0 heterocycles. The summed E-state index contributed by atoms with van der Waals surface area (Å²) in [5.74, 6) is 0.512. The third-order valence-electron chi connectivity index (χ3n) is 4.35. The molecule has 0 saturated carbocycles. The van der Waals surface area contributed by atoms with Gasteiger partial charge in [0, 0.05) is 16.6 Å². The lowest BCUT2D eigenvalue weighted by atomic mass is 10.1. The first kappa shape index (κ1) is 23.7. The summed E-state index contributed by atoms with van der Waals surface area (Å²) in [6, 6.07) is 14.1. The molecule has 1 atom stereocenters. The van der Waals surface area contributed by atoms with Crippen molar-refractivity contribution in [3.05, 3.63) is 58.6 Å². The number of halogens is 1. The molecule has 2 rings (SSSR count). The number of hydrogen-bond donors (Lipinski definition) is 1. The number of carbonyl (C=O) groups is 2. The molecule has 0 fully saturated rings. The number of rotatable bonds is 8. The molecule has 0 radical (unpaired) electrons. The predicted molar refractivity (Wildman–Crippen MR) is 121 cm³/mol. The normalized spacial score (nSPS) is 12.1. The number of hydrogen-bond acceptors (Lipinski definition) is 4. The van der Waals surface area contributed by atoms with E-state index in [0.717, 1.165) is 10.0 Å². The van der Waals surface area contributed by atoms with Crippen molar-refractivity contribution in [2.24, 2.45) is 0 Å². The van der Waals surface area contributed by atoms with Crippen LogP contribution in [0.25, 0.3) is 0 Å². The van der Waals surface area contributed by atoms with Crippen molar-refractivity contribution in [3.8, 4) is 11.5 Å². The molecule has 30 heavy (non-hydrogen) atoms. The SMILES string of the molecule is COc1ccccc1OCC(=O)N(Cc1ccc(Br)cc1)[C@@H](C)C(=O)NC(C)(C)C. The standard InChI is InChI=1S/C23H29BrN2O4/c1-16(22(28)25-23(2,3)4)26(14-17-10-12-18(24)13-11-17)21(27)15-30-20-9-7-6-8-19(20)29-5/h6-13,16H,14-15H2,1-5H3,(H,25,28)/t16-/m0/s1. The van der Waals surface area contributed by atoms with Crippen molar-refractivity contribution in [3.63, 3.8) is 0 Å². The van der Waals surface area contributed by atoms with Gasteiger partial charge in [-0.25, -0.2) is 0 Å². The Morgan fingerprint density at radius 2 is 1.67 bits per heavy atom. The summed E-state index contributed by atoms with van der Waals surface area (Å²) < 4.78 is 11.9. The average molecular weight is 477 g/mol. The molecule has 162 valence electrons. The fourth-order valence-electron chi connectivity index (χ4n) is 2.80. The van der Waals surface area contributed by atoms with Crippen molar-refractivity contribution < 1.29 is 19.1 Å². The van der Waals surface area contributed by atoms with Crippen LogP contribution in [0.4, 0.5) is 0 Å². The van der Waals surface area contributed by atoms with Crippen LogP contribution in [0.15, 0.2) is 53.0 Å². The van der Waals surface area contributed by atoms with E-state index in [0.29, 0.717) is 18.0 Å². The van der Waals surface area contributed by atoms with Gasteiger partial charge in [0.25, 0.3) is 5.91 Å². The second-order valence-corrected chi connectivity index (χ2v) is 8.92. The van der Waals surface area contributed by atoms with Crippen LogP contribution in [0.3, 0.4) is 0 Å². The molecule has 0 aliphatic carbocycles. The summed E-state index contributed by atoms with van der Waals surface area (Å²) in [6.07, 6.45) is 0. The monoisotopic (exact) mass is 476 g/mol. The van der Waals surface area contributed by atoms with Crippen LogP contribution >= 0.6 is 15.9 Å². The van der Waals surface area contributed by atoms with Gasteiger partial charge in [-0.15, -0.1) is 0 Å². The second-order valence-electron chi connectivity index (χ2n) is 8.00. The molecular formula is C23H29BrN2O4. The van der Waals surface area contributed by atoms with Gasteiger partial charge in [-0.3, -0.25) is 9.59 Å². The summed E-state index contributed by atoms with van der Waals surface area (Å²) >= 11 is 3.41. The fraction of sp³-hybridized carbons (Fsp3) is 0.391. The Hall–Kier alpha value is -2.54. The molecule has 2 amide bonds. The van der Waals surface area contributed by atoms with Crippen LogP contribution in [-0.4, -0.2) is 42.0 Å². The maximum Gasteiger partial charge on any atom is 0.261 e. The van der Waals surface area contributed by atoms with Crippen molar-refractivity contribution >= 4 is 27.7 Å². The molecule has 7 heteroatoms. The topological polar surface area (TPSA) is 67.9 Å². The van der Waals surface area contributed by atoms with Crippen molar-refractivity contribution in [1.82, 2.24) is 10.2 Å². The number of ether oxygens (including phenoxy) is 2. The van der Waals surface area contributed by atoms with Gasteiger partial charge in [-0.1, -0.05) is 40.2 Å². The molecule has 6 nitrogen and oxygen atoms in total. The number of para-hydroxylation sites is 2. The molecule has 0 spiro atoms. The van der Waals surface area contributed by atoms with E-state index in [1.807, 2.05) is 51.1 Å². The Bertz CT molecular complexity index is 862. The highest BCUT2D eigenvalue weighted by molar-refractivity contribution is 9.10. The summed E-state index contributed by atoms with van der Waals surface area (Å²) in [5.41, 5.74) is 0.519. The number of methoxy groups -OCH3 is 1. The quantitative estimate of drug-likeness (QED) is 0.620. The molecule has 0 aliphatic heterocycles. The van der Waals surface area contributed by atoms with Gasteiger partial charge >= 0.3 is 0 Å². The summed E-state index contributed by atoms with van der Waals surface area (Å²) in [7, 11) is 1.54. The number of amides is 2. The van der Waals surface area contributed by atoms with Gasteiger partial charge in [0.15, 0.2) is 18.1 Å². The zero-order valence-corrected chi connectivity index (χ0v) is 19.7. The van der Waals surface area contributed by atoms with Gasteiger partial charge < -0.3 is 19.7 Å². The first-order valence-corrected chi connectivity index (χ1v) is 10.5. The average Bonchev–Trinajstić information content (AvgIpc) is 2.70. The minimum atomic E-state index is -0.665. The van der Waals surface area contributed by atoms with E-state index in [9.17, 15) is 9.59 Å². The summed E-state index contributed by atoms with van der Waals surface area (Å²) in [6.45, 7) is 7.53. The lowest BCUT2D eigenvalue weighted by molar-refractivity contribution is -0.142. The first-order valence-electron chi connectivity index (χ1n) is 9.72. The maximum atomic E-state index is 13.1. The van der Waals surface area contributed by atoms with Gasteiger partial charge in [-0.05, 0) is 57.5 Å². The lowest BCUT2D eigenvalue weighted by Gasteiger charge is -2.31. The van der Waals surface area contributed by atoms with Crippen LogP contribution in [0, 0.1) is 0 Å². The minimum absolute atomic E-state index is 0.204. The van der Waals surface area contributed by atoms with Crippen LogP contribution in [0.5, 0.6) is 11.5 Å². The number of benzene rings is 2. The Morgan fingerprint density at radius 3 is 2.23 bits per heavy atom. The Labute approximate surface area is 186 Å². The third kappa shape index (κ3) is 7.06. The van der Waals surface area contributed by atoms with Gasteiger partial charge in [0.2, 0.25) is 5.91 Å². The number of nitrogens with one attached hydrogen (secondary N) is 1. The largest absolute Gasteiger partial charge is 0.493 e. The molecule has 0 bridgehead atoms. The highest BCUT2D eigenvalue weighted by atomic mass is 79.9. The van der Waals surface area contributed by atoms with Crippen molar-refractivity contribution in [2.75, 3.05) is 13.7 Å². The smallest absolute Gasteiger partial charge is 0.261 e. The van der Waals surface area contributed by atoms with E-state index in [4.69, 9.17) is 9.47 Å². The maximum absolute atomic E-state index is 13.1. The van der Waals surface area contributed by atoms with E-state index in [2.05, 4.69) is 21.2 Å². The van der Waals surface area contributed by atoms with Gasteiger partial charge in [0.05, 0.1) is 7.11 Å². The van der Waals surface area contributed by atoms with E-state index in [1.54, 1.807) is 32.2 Å². The van der Waals surface area contributed by atoms with Gasteiger partial charge in [0.1, 0.15) is 6.04 Å². The zero-order chi connectivity index (χ0) is 22.3. The molecule has 1 N–H and O–H groups in total. The first-order chi connectivity index (χ1) is 14.1. The molecule has 0 aliphatic rings.